The van der Waals surface area contributed by atoms with Crippen molar-refractivity contribution in [3.63, 3.8) is 0 Å². The molecule has 4 heteroatoms. The number of carbonyl (C=O) groups excluding carboxylic acids is 1. The molecule has 4 nitrogen and oxygen atoms in total. The second-order valence-electron chi connectivity index (χ2n) is 5.48. The molecule has 1 saturated heterocycles. The summed E-state index contributed by atoms with van der Waals surface area (Å²) >= 11 is 0. The number of hydrogen-bond acceptors (Lipinski definition) is 3. The van der Waals surface area contributed by atoms with E-state index in [-0.39, 0.29) is 18.1 Å². The molecule has 2 unspecified atom stereocenters. The molecule has 1 aromatic rings. The number of hydrogen-bond donors (Lipinski definition) is 1. The molecular weight excluding hydrogens is 238 g/mol. The van der Waals surface area contributed by atoms with Gasteiger partial charge >= 0.3 is 0 Å². The van der Waals surface area contributed by atoms with Crippen LogP contribution in [0.5, 0.6) is 0 Å². The van der Waals surface area contributed by atoms with Gasteiger partial charge in [-0.1, -0.05) is 24.3 Å². The van der Waals surface area contributed by atoms with Crippen LogP contribution in [0.3, 0.4) is 0 Å². The van der Waals surface area contributed by atoms with Crippen LogP contribution in [-0.2, 0) is 4.79 Å². The minimum Gasteiger partial charge on any atom is -0.320 e. The van der Waals surface area contributed by atoms with Crippen molar-refractivity contribution in [1.29, 1.82) is 0 Å². The van der Waals surface area contributed by atoms with Crippen LogP contribution in [0.2, 0.25) is 0 Å². The molecule has 1 N–H and O–H groups in total. The lowest BCUT2D eigenvalue weighted by Gasteiger charge is -2.27. The smallest absolute Gasteiger partial charge is 0.241 e. The summed E-state index contributed by atoms with van der Waals surface area (Å²) in [7, 11) is 4.06. The van der Waals surface area contributed by atoms with Crippen LogP contribution in [0.4, 0.5) is 0 Å². The zero-order chi connectivity index (χ0) is 14.0. The predicted octanol–water partition coefficient (Wildman–Crippen LogP) is 1.38. The third-order valence-corrected chi connectivity index (χ3v) is 3.64. The van der Waals surface area contributed by atoms with Gasteiger partial charge in [-0.05, 0) is 39.1 Å². The highest BCUT2D eigenvalue weighted by molar-refractivity contribution is 5.84. The van der Waals surface area contributed by atoms with Crippen molar-refractivity contribution in [3.05, 3.63) is 35.4 Å². The van der Waals surface area contributed by atoms with Crippen LogP contribution in [0.25, 0.3) is 0 Å². The second kappa shape index (κ2) is 5.72. The molecule has 0 bridgehead atoms. The van der Waals surface area contributed by atoms with Gasteiger partial charge < -0.3 is 9.80 Å². The van der Waals surface area contributed by atoms with E-state index in [2.05, 4.69) is 29.3 Å². The average molecular weight is 261 g/mol. The molecule has 0 aliphatic carbocycles. The molecule has 19 heavy (non-hydrogen) atoms. The number of amides is 1. The summed E-state index contributed by atoms with van der Waals surface area (Å²) in [4.78, 5) is 16.3. The first-order valence-electron chi connectivity index (χ1n) is 6.77. The lowest BCUT2D eigenvalue weighted by atomic mass is 10.1. The summed E-state index contributed by atoms with van der Waals surface area (Å²) in [5.74, 6) is 0.190. The Morgan fingerprint density at radius 2 is 2.00 bits per heavy atom. The van der Waals surface area contributed by atoms with Crippen molar-refractivity contribution in [3.8, 4) is 0 Å². The molecule has 1 heterocycles. The molecule has 2 rings (SSSR count). The van der Waals surface area contributed by atoms with Gasteiger partial charge in [0.05, 0.1) is 6.04 Å². The number of carbonyl (C=O) groups is 1. The molecule has 1 fully saturated rings. The number of benzene rings is 1. The van der Waals surface area contributed by atoms with Gasteiger partial charge in [0.2, 0.25) is 5.91 Å². The van der Waals surface area contributed by atoms with Gasteiger partial charge in [-0.25, -0.2) is 0 Å². The Hall–Kier alpha value is -1.39. The molecule has 1 aliphatic rings. The number of likely N-dealkylation sites (N-methyl/N-ethyl adjacent to an activating group) is 1. The highest BCUT2D eigenvalue weighted by Crippen LogP contribution is 2.27. The number of nitrogens with one attached hydrogen (secondary N) is 1. The fourth-order valence-electron chi connectivity index (χ4n) is 2.47. The van der Waals surface area contributed by atoms with Gasteiger partial charge in [0.1, 0.15) is 6.17 Å². The van der Waals surface area contributed by atoms with E-state index in [0.29, 0.717) is 0 Å². The lowest BCUT2D eigenvalue weighted by Crippen LogP contribution is -2.36. The lowest BCUT2D eigenvalue weighted by molar-refractivity contribution is -0.130. The summed E-state index contributed by atoms with van der Waals surface area (Å²) in [5, 5.41) is 3.39. The summed E-state index contributed by atoms with van der Waals surface area (Å²) in [6, 6.07) is 8.15. The first-order valence-corrected chi connectivity index (χ1v) is 6.77. The van der Waals surface area contributed by atoms with E-state index in [1.807, 2.05) is 38.1 Å². The predicted molar refractivity (Wildman–Crippen MR) is 76.8 cm³/mol. The van der Waals surface area contributed by atoms with Crippen molar-refractivity contribution in [2.24, 2.45) is 0 Å². The Bertz CT molecular complexity index is 458. The van der Waals surface area contributed by atoms with E-state index >= 15 is 0 Å². The maximum atomic E-state index is 12.3. The van der Waals surface area contributed by atoms with Gasteiger partial charge in [-0.3, -0.25) is 10.1 Å². The van der Waals surface area contributed by atoms with Crippen LogP contribution in [0.1, 0.15) is 24.2 Å². The standard InChI is InChI=1S/C15H23N3O/c1-11-7-5-6-8-13(11)14-16-12(2)15(19)18(14)10-9-17(3)4/h5-8,12,14,16H,9-10H2,1-4H3. The molecule has 1 amide bonds. The van der Waals surface area contributed by atoms with Crippen molar-refractivity contribution < 1.29 is 4.79 Å². The Morgan fingerprint density at radius 1 is 1.32 bits per heavy atom. The van der Waals surface area contributed by atoms with Crippen molar-refractivity contribution in [2.75, 3.05) is 27.2 Å². The van der Waals surface area contributed by atoms with Crippen LogP contribution in [0.15, 0.2) is 24.3 Å². The molecule has 1 aromatic carbocycles. The van der Waals surface area contributed by atoms with Gasteiger partial charge in [-0.15, -0.1) is 0 Å². The first-order chi connectivity index (χ1) is 9.00. The Morgan fingerprint density at radius 3 is 2.63 bits per heavy atom. The largest absolute Gasteiger partial charge is 0.320 e. The Kier molecular flexibility index (Phi) is 4.22. The summed E-state index contributed by atoms with van der Waals surface area (Å²) < 4.78 is 0. The van der Waals surface area contributed by atoms with Gasteiger partial charge in [0.25, 0.3) is 0 Å². The molecule has 1 aliphatic heterocycles. The van der Waals surface area contributed by atoms with Crippen LogP contribution >= 0.6 is 0 Å². The van der Waals surface area contributed by atoms with Crippen LogP contribution < -0.4 is 5.32 Å². The third kappa shape index (κ3) is 2.96. The van der Waals surface area contributed by atoms with E-state index in [9.17, 15) is 4.79 Å². The molecule has 0 spiro atoms. The highest BCUT2D eigenvalue weighted by atomic mass is 16.2. The molecule has 0 radical (unpaired) electrons. The molecular formula is C15H23N3O. The maximum absolute atomic E-state index is 12.3. The zero-order valence-corrected chi connectivity index (χ0v) is 12.2. The maximum Gasteiger partial charge on any atom is 0.241 e. The monoisotopic (exact) mass is 261 g/mol. The van der Waals surface area contributed by atoms with Crippen molar-refractivity contribution >= 4 is 5.91 Å². The number of aryl methyl sites for hydroxylation is 1. The summed E-state index contributed by atoms with van der Waals surface area (Å²) in [6.07, 6.45) is 0.00338. The Labute approximate surface area is 115 Å². The van der Waals surface area contributed by atoms with Crippen LogP contribution in [0, 0.1) is 6.92 Å². The van der Waals surface area contributed by atoms with E-state index in [4.69, 9.17) is 0 Å². The summed E-state index contributed by atoms with van der Waals surface area (Å²) in [6.45, 7) is 5.66. The fraction of sp³-hybridized carbons (Fsp3) is 0.533. The highest BCUT2D eigenvalue weighted by Gasteiger charge is 2.37. The number of rotatable bonds is 4. The fourth-order valence-corrected chi connectivity index (χ4v) is 2.47. The topological polar surface area (TPSA) is 35.6 Å². The molecule has 104 valence electrons. The Balaban J connectivity index is 2.22. The van der Waals surface area contributed by atoms with Gasteiger partial charge in [0.15, 0.2) is 0 Å². The minimum atomic E-state index is -0.105. The normalized spacial score (nSPS) is 23.4. The van der Waals surface area contributed by atoms with Crippen molar-refractivity contribution in [1.82, 2.24) is 15.1 Å². The van der Waals surface area contributed by atoms with E-state index < -0.39 is 0 Å². The average Bonchev–Trinajstić information content (AvgIpc) is 2.64. The number of nitrogens with zero attached hydrogens (tertiary/aromatic N) is 2. The zero-order valence-electron chi connectivity index (χ0n) is 12.2. The molecule has 0 saturated carbocycles. The second-order valence-corrected chi connectivity index (χ2v) is 5.48. The third-order valence-electron chi connectivity index (χ3n) is 3.64. The molecule has 2 atom stereocenters. The van der Waals surface area contributed by atoms with E-state index in [0.717, 1.165) is 13.1 Å². The van der Waals surface area contributed by atoms with Gasteiger partial charge in [-0.2, -0.15) is 0 Å². The quantitative estimate of drug-likeness (QED) is 0.889. The molecule has 0 aromatic heterocycles. The SMILES string of the molecule is Cc1ccccc1C1NC(C)C(=O)N1CCN(C)C. The van der Waals surface area contributed by atoms with E-state index in [1.54, 1.807) is 0 Å². The van der Waals surface area contributed by atoms with E-state index in [1.165, 1.54) is 11.1 Å². The van der Waals surface area contributed by atoms with Crippen molar-refractivity contribution in [2.45, 2.75) is 26.1 Å². The minimum absolute atomic E-state index is 0.00338. The first kappa shape index (κ1) is 14.0. The summed E-state index contributed by atoms with van der Waals surface area (Å²) in [5.41, 5.74) is 2.41. The van der Waals surface area contributed by atoms with Crippen LogP contribution in [-0.4, -0.2) is 48.9 Å². The van der Waals surface area contributed by atoms with Gasteiger partial charge in [0, 0.05) is 13.1 Å².